The maximum atomic E-state index is 12.0. The fraction of sp³-hybridized carbons (Fsp3) is 0.167. The fourth-order valence-electron chi connectivity index (χ4n) is 2.25. The van der Waals surface area contributed by atoms with Crippen molar-refractivity contribution in [3.8, 4) is 0 Å². The largest absolute Gasteiger partial charge is 0.399 e. The highest BCUT2D eigenvalue weighted by Crippen LogP contribution is 2.16. The van der Waals surface area contributed by atoms with E-state index in [2.05, 4.69) is 5.32 Å². The van der Waals surface area contributed by atoms with Gasteiger partial charge in [-0.3, -0.25) is 4.79 Å². The Kier molecular flexibility index (Phi) is 4.77. The van der Waals surface area contributed by atoms with Gasteiger partial charge >= 0.3 is 0 Å². The zero-order valence-electron chi connectivity index (χ0n) is 12.3. The summed E-state index contributed by atoms with van der Waals surface area (Å²) < 4.78 is 0. The summed E-state index contributed by atoms with van der Waals surface area (Å²) in [4.78, 5) is 12.0. The SMILES string of the molecule is Cc1ccccc1[C@H](C)NC(=O)/C=C/c1cccc(N)c1. The number of carbonyl (C=O) groups excluding carboxylic acids is 1. The van der Waals surface area contributed by atoms with Crippen LogP contribution in [0.3, 0.4) is 0 Å². The van der Waals surface area contributed by atoms with Crippen LogP contribution in [-0.4, -0.2) is 5.91 Å². The molecule has 0 bridgehead atoms. The molecule has 3 N–H and O–H groups in total. The van der Waals surface area contributed by atoms with Crippen LogP contribution in [0.2, 0.25) is 0 Å². The molecule has 3 nitrogen and oxygen atoms in total. The van der Waals surface area contributed by atoms with Crippen molar-refractivity contribution in [1.82, 2.24) is 5.32 Å². The van der Waals surface area contributed by atoms with Crippen molar-refractivity contribution in [1.29, 1.82) is 0 Å². The molecule has 0 radical (unpaired) electrons. The lowest BCUT2D eigenvalue weighted by molar-refractivity contribution is -0.117. The first kappa shape index (κ1) is 14.9. The molecule has 1 amide bonds. The van der Waals surface area contributed by atoms with Gasteiger partial charge in [-0.2, -0.15) is 0 Å². The number of nitrogen functional groups attached to an aromatic ring is 1. The smallest absolute Gasteiger partial charge is 0.244 e. The molecule has 2 rings (SSSR count). The quantitative estimate of drug-likeness (QED) is 0.665. The van der Waals surface area contributed by atoms with E-state index >= 15 is 0 Å². The summed E-state index contributed by atoms with van der Waals surface area (Å²) >= 11 is 0. The van der Waals surface area contributed by atoms with Crippen molar-refractivity contribution >= 4 is 17.7 Å². The van der Waals surface area contributed by atoms with Crippen LogP contribution in [0.25, 0.3) is 6.08 Å². The average Bonchev–Trinajstić information content (AvgIpc) is 2.45. The lowest BCUT2D eigenvalue weighted by Crippen LogP contribution is -2.25. The van der Waals surface area contributed by atoms with E-state index in [1.54, 1.807) is 6.08 Å². The van der Waals surface area contributed by atoms with Crippen LogP contribution in [0, 0.1) is 6.92 Å². The molecule has 2 aromatic rings. The number of amides is 1. The Morgan fingerprint density at radius 3 is 2.67 bits per heavy atom. The molecule has 0 saturated carbocycles. The molecule has 0 aromatic heterocycles. The van der Waals surface area contributed by atoms with Gasteiger partial charge in [0.2, 0.25) is 5.91 Å². The van der Waals surface area contributed by atoms with Gasteiger partial charge in [-0.15, -0.1) is 0 Å². The number of nitrogens with two attached hydrogens (primary N) is 1. The second-order valence-corrected chi connectivity index (χ2v) is 5.09. The third-order valence-electron chi connectivity index (χ3n) is 3.35. The predicted molar refractivity (Wildman–Crippen MR) is 87.6 cm³/mol. The molecule has 0 saturated heterocycles. The van der Waals surface area contributed by atoms with E-state index in [9.17, 15) is 4.79 Å². The monoisotopic (exact) mass is 280 g/mol. The summed E-state index contributed by atoms with van der Waals surface area (Å²) in [7, 11) is 0. The number of anilines is 1. The number of benzene rings is 2. The summed E-state index contributed by atoms with van der Waals surface area (Å²) in [6.45, 7) is 4.02. The second kappa shape index (κ2) is 6.75. The van der Waals surface area contributed by atoms with Gasteiger partial charge < -0.3 is 11.1 Å². The normalized spacial score (nSPS) is 12.3. The molecular weight excluding hydrogens is 260 g/mol. The zero-order chi connectivity index (χ0) is 15.2. The van der Waals surface area contributed by atoms with Crippen LogP contribution in [0.5, 0.6) is 0 Å². The Labute approximate surface area is 125 Å². The molecule has 0 unspecified atom stereocenters. The maximum Gasteiger partial charge on any atom is 0.244 e. The molecular formula is C18H20N2O. The maximum absolute atomic E-state index is 12.0. The van der Waals surface area contributed by atoms with Crippen LogP contribution in [-0.2, 0) is 4.79 Å². The minimum atomic E-state index is -0.117. The van der Waals surface area contributed by atoms with Crippen LogP contribution in [0.1, 0.15) is 29.7 Å². The molecule has 0 aliphatic carbocycles. The Balaban J connectivity index is 2.00. The van der Waals surface area contributed by atoms with Gasteiger partial charge in [0.25, 0.3) is 0 Å². The zero-order valence-corrected chi connectivity index (χ0v) is 12.3. The van der Waals surface area contributed by atoms with Gasteiger partial charge in [0.05, 0.1) is 6.04 Å². The van der Waals surface area contributed by atoms with Crippen molar-refractivity contribution in [3.05, 3.63) is 71.3 Å². The molecule has 0 fully saturated rings. The summed E-state index contributed by atoms with van der Waals surface area (Å²) in [6.07, 6.45) is 3.29. The Morgan fingerprint density at radius 1 is 1.19 bits per heavy atom. The van der Waals surface area contributed by atoms with Crippen molar-refractivity contribution in [2.24, 2.45) is 0 Å². The molecule has 0 aliphatic heterocycles. The Bertz CT molecular complexity index is 662. The summed E-state index contributed by atoms with van der Waals surface area (Å²) in [5.41, 5.74) is 9.60. The van der Waals surface area contributed by atoms with Crippen LogP contribution >= 0.6 is 0 Å². The Morgan fingerprint density at radius 2 is 1.95 bits per heavy atom. The minimum absolute atomic E-state index is 0.0239. The first-order chi connectivity index (χ1) is 10.1. The van der Waals surface area contributed by atoms with Crippen molar-refractivity contribution in [3.63, 3.8) is 0 Å². The van der Waals surface area contributed by atoms with Crippen LogP contribution < -0.4 is 11.1 Å². The number of hydrogen-bond donors (Lipinski definition) is 2. The average molecular weight is 280 g/mol. The fourth-order valence-corrected chi connectivity index (χ4v) is 2.25. The van der Waals surface area contributed by atoms with Crippen molar-refractivity contribution < 1.29 is 4.79 Å². The number of aryl methyl sites for hydroxylation is 1. The minimum Gasteiger partial charge on any atom is -0.399 e. The molecule has 108 valence electrons. The van der Waals surface area contributed by atoms with Crippen molar-refractivity contribution in [2.45, 2.75) is 19.9 Å². The summed E-state index contributed by atoms with van der Waals surface area (Å²) in [6, 6.07) is 15.4. The molecule has 21 heavy (non-hydrogen) atoms. The topological polar surface area (TPSA) is 55.1 Å². The first-order valence-electron chi connectivity index (χ1n) is 6.96. The number of nitrogens with one attached hydrogen (secondary N) is 1. The van der Waals surface area contributed by atoms with E-state index in [1.165, 1.54) is 11.6 Å². The molecule has 1 atom stereocenters. The summed E-state index contributed by atoms with van der Waals surface area (Å²) in [5.74, 6) is -0.117. The van der Waals surface area contributed by atoms with E-state index in [1.807, 2.05) is 62.4 Å². The Hall–Kier alpha value is -2.55. The van der Waals surface area contributed by atoms with Gasteiger partial charge in [0.1, 0.15) is 0 Å². The standard InChI is InChI=1S/C18H20N2O/c1-13-6-3-4-9-17(13)14(2)20-18(21)11-10-15-7-5-8-16(19)12-15/h3-12,14H,19H2,1-2H3,(H,20,21)/b11-10+/t14-/m0/s1. The van der Waals surface area contributed by atoms with E-state index < -0.39 is 0 Å². The lowest BCUT2D eigenvalue weighted by Gasteiger charge is -2.15. The highest BCUT2D eigenvalue weighted by Gasteiger charge is 2.09. The van der Waals surface area contributed by atoms with Crippen molar-refractivity contribution in [2.75, 3.05) is 5.73 Å². The summed E-state index contributed by atoms with van der Waals surface area (Å²) in [5, 5.41) is 2.96. The van der Waals surface area contributed by atoms with Gasteiger partial charge in [-0.25, -0.2) is 0 Å². The molecule has 3 heteroatoms. The van der Waals surface area contributed by atoms with Gasteiger partial charge in [-0.1, -0.05) is 36.4 Å². The highest BCUT2D eigenvalue weighted by atomic mass is 16.1. The third kappa shape index (κ3) is 4.21. The first-order valence-corrected chi connectivity index (χ1v) is 6.96. The van der Waals surface area contributed by atoms with Gasteiger partial charge in [0, 0.05) is 11.8 Å². The van der Waals surface area contributed by atoms with E-state index in [4.69, 9.17) is 5.73 Å². The predicted octanol–water partition coefficient (Wildman–Crippen LogP) is 3.47. The number of carbonyl (C=O) groups is 1. The number of hydrogen-bond acceptors (Lipinski definition) is 2. The van der Waals surface area contributed by atoms with E-state index in [-0.39, 0.29) is 11.9 Å². The van der Waals surface area contributed by atoms with Gasteiger partial charge in [-0.05, 0) is 48.7 Å². The number of rotatable bonds is 4. The van der Waals surface area contributed by atoms with Crippen LogP contribution in [0.15, 0.2) is 54.6 Å². The lowest BCUT2D eigenvalue weighted by atomic mass is 10.0. The molecule has 2 aromatic carbocycles. The molecule has 0 spiro atoms. The van der Waals surface area contributed by atoms with E-state index in [0.717, 1.165) is 11.1 Å². The third-order valence-corrected chi connectivity index (χ3v) is 3.35. The van der Waals surface area contributed by atoms with Gasteiger partial charge in [0.15, 0.2) is 0 Å². The van der Waals surface area contributed by atoms with E-state index in [0.29, 0.717) is 5.69 Å². The second-order valence-electron chi connectivity index (χ2n) is 5.09. The van der Waals surface area contributed by atoms with Crippen LogP contribution in [0.4, 0.5) is 5.69 Å². The highest BCUT2D eigenvalue weighted by molar-refractivity contribution is 5.92. The molecule has 0 heterocycles. The molecule has 0 aliphatic rings.